The molecule has 0 aliphatic carbocycles. The second kappa shape index (κ2) is 7.84. The molecule has 0 bridgehead atoms. The number of sulfonamides is 1. The lowest BCUT2D eigenvalue weighted by Gasteiger charge is -2.30. The number of benzene rings is 2. The molecule has 0 aliphatic rings. The highest BCUT2D eigenvalue weighted by atomic mass is 35.5. The average molecular weight is 385 g/mol. The van der Waals surface area contributed by atoms with Crippen LogP contribution >= 0.6 is 11.6 Å². The zero-order chi connectivity index (χ0) is 18.6. The summed E-state index contributed by atoms with van der Waals surface area (Å²) in [6.07, 6.45) is 1.10. The normalized spacial score (nSPS) is 12.5. The fourth-order valence-corrected chi connectivity index (χ4v) is 3.86. The van der Waals surface area contributed by atoms with E-state index < -0.39 is 27.8 Å². The maximum atomic E-state index is 14.2. The summed E-state index contributed by atoms with van der Waals surface area (Å²) in [4.78, 5) is 12.6. The Kier molecular flexibility index (Phi) is 6.02. The molecule has 0 fully saturated rings. The van der Waals surface area contributed by atoms with Gasteiger partial charge in [0.25, 0.3) is 0 Å². The highest BCUT2D eigenvalue weighted by Crippen LogP contribution is 2.26. The highest BCUT2D eigenvalue weighted by molar-refractivity contribution is 7.92. The van der Waals surface area contributed by atoms with Crippen LogP contribution in [0.3, 0.4) is 0 Å². The van der Waals surface area contributed by atoms with Crippen molar-refractivity contribution in [2.45, 2.75) is 19.4 Å². The Morgan fingerprint density at radius 1 is 1.24 bits per heavy atom. The quantitative estimate of drug-likeness (QED) is 0.826. The second-order valence-corrected chi connectivity index (χ2v) is 7.73. The van der Waals surface area contributed by atoms with Crippen LogP contribution in [0.4, 0.5) is 15.8 Å². The van der Waals surface area contributed by atoms with Crippen LogP contribution in [-0.2, 0) is 14.8 Å². The van der Waals surface area contributed by atoms with Crippen LogP contribution in [0.1, 0.15) is 13.3 Å². The Morgan fingerprint density at radius 3 is 2.48 bits per heavy atom. The molecule has 1 N–H and O–H groups in total. The monoisotopic (exact) mass is 384 g/mol. The van der Waals surface area contributed by atoms with E-state index in [2.05, 4.69) is 5.32 Å². The molecule has 0 saturated heterocycles. The molecule has 2 rings (SSSR count). The fourth-order valence-electron chi connectivity index (χ4n) is 2.46. The molecule has 134 valence electrons. The van der Waals surface area contributed by atoms with Crippen molar-refractivity contribution in [3.05, 3.63) is 59.4 Å². The minimum absolute atomic E-state index is 0.161. The van der Waals surface area contributed by atoms with E-state index in [-0.39, 0.29) is 12.1 Å². The smallest absolute Gasteiger partial charge is 0.248 e. The predicted molar refractivity (Wildman–Crippen MR) is 97.9 cm³/mol. The lowest BCUT2D eigenvalue weighted by atomic mass is 10.1. The summed E-state index contributed by atoms with van der Waals surface area (Å²) in [7, 11) is -3.89. The number of anilines is 2. The standard InChI is InChI=1S/C17H18ClFN2O3S/c1-3-15(17(22)20-13-8-6-7-12(18)11-13)21(25(2,23)24)16-10-5-4-9-14(16)19/h4-11,15H,3H2,1-2H3,(H,20,22)/t15-/m1/s1. The first-order chi connectivity index (χ1) is 11.7. The molecule has 0 aromatic heterocycles. The van der Waals surface area contributed by atoms with Gasteiger partial charge < -0.3 is 5.32 Å². The van der Waals surface area contributed by atoms with Crippen LogP contribution in [0.15, 0.2) is 48.5 Å². The first kappa shape index (κ1) is 19.2. The van der Waals surface area contributed by atoms with Crippen LogP contribution in [0.2, 0.25) is 5.02 Å². The highest BCUT2D eigenvalue weighted by Gasteiger charge is 2.33. The van der Waals surface area contributed by atoms with Gasteiger partial charge in [0.05, 0.1) is 11.9 Å². The van der Waals surface area contributed by atoms with E-state index in [0.717, 1.165) is 16.6 Å². The Balaban J connectivity index is 2.40. The summed E-state index contributed by atoms with van der Waals surface area (Å²) in [6.45, 7) is 1.65. The maximum Gasteiger partial charge on any atom is 0.248 e. The van der Waals surface area contributed by atoms with Crippen molar-refractivity contribution in [2.75, 3.05) is 15.9 Å². The van der Waals surface area contributed by atoms with Crippen LogP contribution in [0, 0.1) is 5.82 Å². The second-order valence-electron chi connectivity index (χ2n) is 5.43. The molecule has 2 aromatic rings. The van der Waals surface area contributed by atoms with Gasteiger partial charge in [-0.2, -0.15) is 0 Å². The third-order valence-electron chi connectivity index (χ3n) is 3.51. The number of nitrogens with one attached hydrogen (secondary N) is 1. The first-order valence-corrected chi connectivity index (χ1v) is 9.77. The molecule has 0 saturated carbocycles. The number of nitrogens with zero attached hydrogens (tertiary/aromatic N) is 1. The molecule has 2 aromatic carbocycles. The summed E-state index contributed by atoms with van der Waals surface area (Å²) in [5.74, 6) is -1.29. The minimum Gasteiger partial charge on any atom is -0.324 e. The van der Waals surface area contributed by atoms with Gasteiger partial charge in [-0.1, -0.05) is 36.7 Å². The molecule has 0 spiro atoms. The fraction of sp³-hybridized carbons (Fsp3) is 0.235. The number of para-hydroxylation sites is 1. The summed E-state index contributed by atoms with van der Waals surface area (Å²) in [5.41, 5.74) is 0.260. The SMILES string of the molecule is CC[C@H](C(=O)Nc1cccc(Cl)c1)N(c1ccccc1F)S(C)(=O)=O. The number of rotatable bonds is 6. The van der Waals surface area contributed by atoms with Crippen molar-refractivity contribution in [1.82, 2.24) is 0 Å². The molecule has 0 aliphatic heterocycles. The van der Waals surface area contributed by atoms with Gasteiger partial charge in [-0.05, 0) is 36.8 Å². The molecular formula is C17H18ClFN2O3S. The van der Waals surface area contributed by atoms with Crippen molar-refractivity contribution < 1.29 is 17.6 Å². The molecule has 25 heavy (non-hydrogen) atoms. The van der Waals surface area contributed by atoms with Crippen molar-refractivity contribution in [3.8, 4) is 0 Å². The topological polar surface area (TPSA) is 66.5 Å². The summed E-state index contributed by atoms with van der Waals surface area (Å²) in [6, 6.07) is 10.8. The molecular weight excluding hydrogens is 367 g/mol. The Bertz CT molecular complexity index is 874. The summed E-state index contributed by atoms with van der Waals surface area (Å²) < 4.78 is 39.5. The van der Waals surface area contributed by atoms with Gasteiger partial charge in [0.2, 0.25) is 15.9 Å². The zero-order valence-electron chi connectivity index (χ0n) is 13.7. The van der Waals surface area contributed by atoms with Gasteiger partial charge in [0.15, 0.2) is 0 Å². The van der Waals surface area contributed by atoms with Gasteiger partial charge >= 0.3 is 0 Å². The maximum absolute atomic E-state index is 14.2. The third-order valence-corrected chi connectivity index (χ3v) is 4.91. The van der Waals surface area contributed by atoms with E-state index in [1.165, 1.54) is 18.2 Å². The first-order valence-electron chi connectivity index (χ1n) is 7.54. The Morgan fingerprint density at radius 2 is 1.92 bits per heavy atom. The van der Waals surface area contributed by atoms with Gasteiger partial charge in [-0.25, -0.2) is 12.8 Å². The largest absolute Gasteiger partial charge is 0.324 e. The van der Waals surface area contributed by atoms with Crippen LogP contribution in [0.25, 0.3) is 0 Å². The van der Waals surface area contributed by atoms with Crippen molar-refractivity contribution in [3.63, 3.8) is 0 Å². The minimum atomic E-state index is -3.89. The van der Waals surface area contributed by atoms with E-state index in [9.17, 15) is 17.6 Å². The number of amides is 1. The van der Waals surface area contributed by atoms with Crippen molar-refractivity contribution in [1.29, 1.82) is 0 Å². The summed E-state index contributed by atoms with van der Waals surface area (Å²) in [5, 5.41) is 3.05. The molecule has 0 unspecified atom stereocenters. The van der Waals surface area contributed by atoms with Crippen molar-refractivity contribution in [2.24, 2.45) is 0 Å². The average Bonchev–Trinajstić information content (AvgIpc) is 2.52. The number of hydrogen-bond acceptors (Lipinski definition) is 3. The molecule has 8 heteroatoms. The van der Waals surface area contributed by atoms with Gasteiger partial charge in [0.1, 0.15) is 11.9 Å². The van der Waals surface area contributed by atoms with E-state index in [1.54, 1.807) is 31.2 Å². The van der Waals surface area contributed by atoms with Crippen LogP contribution in [-0.4, -0.2) is 26.6 Å². The van der Waals surface area contributed by atoms with E-state index in [0.29, 0.717) is 10.7 Å². The number of carbonyl (C=O) groups is 1. The van der Waals surface area contributed by atoms with Gasteiger partial charge in [0, 0.05) is 10.7 Å². The number of halogens is 2. The molecule has 1 atom stereocenters. The Labute approximate surface area is 151 Å². The number of carbonyl (C=O) groups excluding carboxylic acids is 1. The van der Waals surface area contributed by atoms with E-state index in [1.807, 2.05) is 0 Å². The van der Waals surface area contributed by atoms with Crippen LogP contribution in [0.5, 0.6) is 0 Å². The molecule has 1 amide bonds. The third kappa shape index (κ3) is 4.70. The molecule has 5 nitrogen and oxygen atoms in total. The lowest BCUT2D eigenvalue weighted by Crippen LogP contribution is -2.47. The summed E-state index contributed by atoms with van der Waals surface area (Å²) >= 11 is 5.89. The van der Waals surface area contributed by atoms with E-state index >= 15 is 0 Å². The van der Waals surface area contributed by atoms with Crippen LogP contribution < -0.4 is 9.62 Å². The Hall–Kier alpha value is -2.12. The molecule has 0 heterocycles. The van der Waals surface area contributed by atoms with E-state index in [4.69, 9.17) is 11.6 Å². The van der Waals surface area contributed by atoms with Crippen molar-refractivity contribution >= 4 is 38.9 Å². The van der Waals surface area contributed by atoms with Gasteiger partial charge in [-0.3, -0.25) is 9.10 Å². The predicted octanol–water partition coefficient (Wildman–Crippen LogP) is 3.66. The number of hydrogen-bond donors (Lipinski definition) is 1. The lowest BCUT2D eigenvalue weighted by molar-refractivity contribution is -0.117. The molecule has 0 radical (unpaired) electrons. The van der Waals surface area contributed by atoms with Gasteiger partial charge in [-0.15, -0.1) is 0 Å². The zero-order valence-corrected chi connectivity index (χ0v) is 15.3.